The zero-order valence-electron chi connectivity index (χ0n) is 9.43. The largest absolute Gasteiger partial charge is 0.387 e. The van der Waals surface area contributed by atoms with Crippen molar-refractivity contribution in [1.29, 1.82) is 0 Å². The third-order valence-electron chi connectivity index (χ3n) is 2.10. The van der Waals surface area contributed by atoms with Crippen molar-refractivity contribution in [2.24, 2.45) is 0 Å². The third kappa shape index (κ3) is 3.63. The van der Waals surface area contributed by atoms with E-state index in [9.17, 15) is 5.11 Å². The minimum atomic E-state index is -0.931. The van der Waals surface area contributed by atoms with Gasteiger partial charge in [-0.25, -0.2) is 0 Å². The molecule has 84 valence electrons. The summed E-state index contributed by atoms with van der Waals surface area (Å²) in [5, 5.41) is 9.98. The van der Waals surface area contributed by atoms with Gasteiger partial charge < -0.3 is 14.6 Å². The number of ether oxygens (including phenoxy) is 2. The predicted molar refractivity (Wildman–Crippen MR) is 58.4 cm³/mol. The van der Waals surface area contributed by atoms with Crippen LogP contribution in [-0.2, 0) is 9.47 Å². The number of benzene rings is 1. The molecule has 0 saturated carbocycles. The van der Waals surface area contributed by atoms with E-state index in [2.05, 4.69) is 0 Å². The highest BCUT2D eigenvalue weighted by Gasteiger charge is 2.29. The van der Waals surface area contributed by atoms with Crippen LogP contribution in [0.5, 0.6) is 0 Å². The van der Waals surface area contributed by atoms with Crippen molar-refractivity contribution in [3.8, 4) is 0 Å². The van der Waals surface area contributed by atoms with Gasteiger partial charge in [-0.05, 0) is 19.4 Å². The van der Waals surface area contributed by atoms with Gasteiger partial charge in [0.05, 0.1) is 5.60 Å². The lowest BCUT2D eigenvalue weighted by molar-refractivity contribution is -0.145. The molecule has 0 bridgehead atoms. The third-order valence-corrected chi connectivity index (χ3v) is 2.10. The Morgan fingerprint density at radius 3 is 2.33 bits per heavy atom. The molecule has 1 N–H and O–H groups in total. The molecule has 3 nitrogen and oxygen atoms in total. The van der Waals surface area contributed by atoms with Gasteiger partial charge in [-0.15, -0.1) is 0 Å². The van der Waals surface area contributed by atoms with E-state index >= 15 is 0 Å². The van der Waals surface area contributed by atoms with Crippen molar-refractivity contribution in [3.05, 3.63) is 35.9 Å². The second-order valence-electron chi connectivity index (χ2n) is 4.02. The van der Waals surface area contributed by atoms with Gasteiger partial charge in [0.25, 0.3) is 0 Å². The lowest BCUT2D eigenvalue weighted by Crippen LogP contribution is -2.31. The highest BCUT2D eigenvalue weighted by molar-refractivity contribution is 5.19. The zero-order chi connectivity index (χ0) is 11.3. The van der Waals surface area contributed by atoms with Gasteiger partial charge in [-0.2, -0.15) is 0 Å². The molecule has 0 fully saturated rings. The van der Waals surface area contributed by atoms with Crippen LogP contribution in [0.25, 0.3) is 0 Å². The second kappa shape index (κ2) is 5.26. The van der Waals surface area contributed by atoms with Crippen molar-refractivity contribution in [2.75, 3.05) is 13.9 Å². The molecule has 0 aliphatic carbocycles. The van der Waals surface area contributed by atoms with Crippen molar-refractivity contribution >= 4 is 0 Å². The van der Waals surface area contributed by atoms with Crippen molar-refractivity contribution < 1.29 is 14.6 Å². The first-order chi connectivity index (χ1) is 7.05. The van der Waals surface area contributed by atoms with Crippen molar-refractivity contribution in [1.82, 2.24) is 0 Å². The number of rotatable bonds is 5. The number of hydrogen-bond acceptors (Lipinski definition) is 3. The summed E-state index contributed by atoms with van der Waals surface area (Å²) in [6.07, 6.45) is -0.376. The Morgan fingerprint density at radius 2 is 1.87 bits per heavy atom. The van der Waals surface area contributed by atoms with Crippen LogP contribution < -0.4 is 0 Å². The summed E-state index contributed by atoms with van der Waals surface area (Å²) in [5.74, 6) is 0. The Kier molecular flexibility index (Phi) is 4.27. The molecule has 15 heavy (non-hydrogen) atoms. The summed E-state index contributed by atoms with van der Waals surface area (Å²) in [6.45, 7) is 3.62. The van der Waals surface area contributed by atoms with Gasteiger partial charge in [0.2, 0.25) is 0 Å². The molecule has 1 unspecified atom stereocenters. The Bertz CT molecular complexity index is 277. The molecule has 0 aromatic heterocycles. The highest BCUT2D eigenvalue weighted by atomic mass is 16.7. The molecule has 0 saturated heterocycles. The van der Waals surface area contributed by atoms with Crippen molar-refractivity contribution in [3.63, 3.8) is 0 Å². The van der Waals surface area contributed by atoms with Crippen LogP contribution >= 0.6 is 0 Å². The lowest BCUT2D eigenvalue weighted by atomic mass is 9.95. The maximum absolute atomic E-state index is 9.98. The van der Waals surface area contributed by atoms with E-state index in [0.717, 1.165) is 5.56 Å². The van der Waals surface area contributed by atoms with Gasteiger partial charge in [-0.1, -0.05) is 30.3 Å². The molecule has 1 aromatic rings. The van der Waals surface area contributed by atoms with Gasteiger partial charge in [0.1, 0.15) is 12.9 Å². The molecular weight excluding hydrogens is 192 g/mol. The second-order valence-corrected chi connectivity index (χ2v) is 4.02. The minimum absolute atomic E-state index is 0.170. The summed E-state index contributed by atoms with van der Waals surface area (Å²) >= 11 is 0. The predicted octanol–water partition coefficient (Wildman–Crippen LogP) is 2.12. The Labute approximate surface area is 90.6 Å². The molecule has 0 aliphatic rings. The van der Waals surface area contributed by atoms with E-state index in [-0.39, 0.29) is 12.9 Å². The van der Waals surface area contributed by atoms with Gasteiger partial charge in [-0.3, -0.25) is 0 Å². The first-order valence-electron chi connectivity index (χ1n) is 4.93. The first kappa shape index (κ1) is 12.2. The fourth-order valence-electron chi connectivity index (χ4n) is 1.47. The van der Waals surface area contributed by atoms with E-state index in [1.165, 1.54) is 0 Å². The molecular formula is C12H18O3. The molecule has 0 aliphatic heterocycles. The first-order valence-corrected chi connectivity index (χ1v) is 4.93. The molecule has 0 spiro atoms. The van der Waals surface area contributed by atoms with Crippen molar-refractivity contribution in [2.45, 2.75) is 25.6 Å². The van der Waals surface area contributed by atoms with E-state index in [1.807, 2.05) is 30.3 Å². The summed E-state index contributed by atoms with van der Waals surface area (Å²) in [5.41, 5.74) is 0.0157. The monoisotopic (exact) mass is 210 g/mol. The molecule has 3 heteroatoms. The molecule has 0 heterocycles. The highest BCUT2D eigenvalue weighted by Crippen LogP contribution is 2.28. The maximum atomic E-state index is 9.98. The average Bonchev–Trinajstić information content (AvgIpc) is 2.18. The van der Waals surface area contributed by atoms with E-state index in [0.29, 0.717) is 0 Å². The Hall–Kier alpha value is -0.900. The number of aliphatic hydroxyl groups is 1. The minimum Gasteiger partial charge on any atom is -0.387 e. The molecule has 0 radical (unpaired) electrons. The summed E-state index contributed by atoms with van der Waals surface area (Å²) in [6, 6.07) is 9.63. The molecule has 0 amide bonds. The normalized spacial score (nSPS) is 13.9. The fourth-order valence-corrected chi connectivity index (χ4v) is 1.47. The van der Waals surface area contributed by atoms with Crippen LogP contribution in [0.3, 0.4) is 0 Å². The summed E-state index contributed by atoms with van der Waals surface area (Å²) < 4.78 is 10.3. The topological polar surface area (TPSA) is 38.7 Å². The van der Waals surface area contributed by atoms with Crippen LogP contribution in [0.15, 0.2) is 30.3 Å². The standard InChI is InChI=1S/C12H18O3/c1-12(2,13)11(15-9-14-3)10-7-5-4-6-8-10/h4-8,11,13H,9H2,1-3H3. The van der Waals surface area contributed by atoms with E-state index in [4.69, 9.17) is 9.47 Å². The van der Waals surface area contributed by atoms with Gasteiger partial charge in [0.15, 0.2) is 0 Å². The van der Waals surface area contributed by atoms with Gasteiger partial charge >= 0.3 is 0 Å². The average molecular weight is 210 g/mol. The van der Waals surface area contributed by atoms with Crippen LogP contribution in [0, 0.1) is 0 Å². The van der Waals surface area contributed by atoms with Crippen LogP contribution in [-0.4, -0.2) is 24.6 Å². The van der Waals surface area contributed by atoms with Gasteiger partial charge in [0, 0.05) is 7.11 Å². The lowest BCUT2D eigenvalue weighted by Gasteiger charge is -2.29. The summed E-state index contributed by atoms with van der Waals surface area (Å²) in [4.78, 5) is 0. The number of methoxy groups -OCH3 is 1. The Balaban J connectivity index is 2.82. The number of hydrogen-bond donors (Lipinski definition) is 1. The van der Waals surface area contributed by atoms with Crippen LogP contribution in [0.4, 0.5) is 0 Å². The Morgan fingerprint density at radius 1 is 1.27 bits per heavy atom. The maximum Gasteiger partial charge on any atom is 0.147 e. The van der Waals surface area contributed by atoms with E-state index < -0.39 is 5.60 Å². The zero-order valence-corrected chi connectivity index (χ0v) is 9.43. The molecule has 1 rings (SSSR count). The molecule has 1 aromatic carbocycles. The quantitative estimate of drug-likeness (QED) is 0.756. The smallest absolute Gasteiger partial charge is 0.147 e. The fraction of sp³-hybridized carbons (Fsp3) is 0.500. The van der Waals surface area contributed by atoms with Crippen LogP contribution in [0.2, 0.25) is 0 Å². The van der Waals surface area contributed by atoms with E-state index in [1.54, 1.807) is 21.0 Å². The SMILES string of the molecule is COCOC(c1ccccc1)C(C)(C)O. The molecule has 1 atom stereocenters. The summed E-state index contributed by atoms with van der Waals surface area (Å²) in [7, 11) is 1.56. The van der Waals surface area contributed by atoms with Crippen LogP contribution in [0.1, 0.15) is 25.5 Å².